The summed E-state index contributed by atoms with van der Waals surface area (Å²) < 4.78 is 12.1. The van der Waals surface area contributed by atoms with Gasteiger partial charge in [-0.3, -0.25) is 4.79 Å². The molecule has 4 aromatic rings. The molecule has 29 heavy (non-hydrogen) atoms. The molecule has 0 aliphatic carbocycles. The fraction of sp³-hybridized carbons (Fsp3) is 0.182. The van der Waals surface area contributed by atoms with Gasteiger partial charge in [-0.25, -0.2) is 4.98 Å². The predicted molar refractivity (Wildman–Crippen MR) is 110 cm³/mol. The first kappa shape index (κ1) is 17.8. The number of carbonyl (C=O) groups is 1. The number of oxazole rings is 1. The van der Waals surface area contributed by atoms with Gasteiger partial charge in [-0.1, -0.05) is 18.2 Å². The van der Waals surface area contributed by atoms with Crippen LogP contribution in [0.15, 0.2) is 52.6 Å². The number of thiophene rings is 1. The lowest BCUT2D eigenvalue weighted by atomic mass is 10.0. The fourth-order valence-electron chi connectivity index (χ4n) is 3.69. The van der Waals surface area contributed by atoms with E-state index < -0.39 is 0 Å². The molecule has 0 bridgehead atoms. The number of phenolic OH excluding ortho intramolecular Hbond substituents is 1. The molecule has 5 rings (SSSR count). The molecule has 1 amide bonds. The zero-order chi connectivity index (χ0) is 20.0. The Morgan fingerprint density at radius 1 is 1.28 bits per heavy atom. The molecule has 3 heterocycles. The third-order valence-electron chi connectivity index (χ3n) is 5.14. The van der Waals surface area contributed by atoms with Crippen LogP contribution in [0, 0.1) is 6.92 Å². The van der Waals surface area contributed by atoms with E-state index >= 15 is 0 Å². The summed E-state index contributed by atoms with van der Waals surface area (Å²) in [6, 6.07) is 11.9. The maximum atomic E-state index is 12.9. The molecule has 0 saturated heterocycles. The van der Waals surface area contributed by atoms with Crippen LogP contribution in [0.4, 0.5) is 0 Å². The summed E-state index contributed by atoms with van der Waals surface area (Å²) in [7, 11) is 0. The third-order valence-corrected chi connectivity index (χ3v) is 6.11. The smallest absolute Gasteiger partial charge is 0.276 e. The van der Waals surface area contributed by atoms with Gasteiger partial charge < -0.3 is 19.2 Å². The number of aryl methyl sites for hydroxylation is 1. The number of aromatic nitrogens is 1. The Hall–Kier alpha value is -3.32. The van der Waals surface area contributed by atoms with Crippen LogP contribution in [0.5, 0.6) is 11.5 Å². The van der Waals surface area contributed by atoms with Crippen molar-refractivity contribution in [2.75, 3.05) is 13.2 Å². The van der Waals surface area contributed by atoms with Crippen LogP contribution in [-0.2, 0) is 6.54 Å². The second-order valence-corrected chi connectivity index (χ2v) is 7.87. The SMILES string of the molecule is Cc1ocnc1C(=O)N1CCOc2c(O)cc(-c3csc4ccccc34)cc2C1. The lowest BCUT2D eigenvalue weighted by Gasteiger charge is -2.19. The molecule has 6 nitrogen and oxygen atoms in total. The van der Waals surface area contributed by atoms with E-state index in [1.165, 1.54) is 11.1 Å². The molecule has 0 unspecified atom stereocenters. The zero-order valence-corrected chi connectivity index (χ0v) is 16.5. The van der Waals surface area contributed by atoms with Crippen molar-refractivity contribution in [3.8, 4) is 22.6 Å². The average Bonchev–Trinajstić information content (AvgIpc) is 3.27. The van der Waals surface area contributed by atoms with Crippen molar-refractivity contribution in [1.82, 2.24) is 9.88 Å². The Labute approximate surface area is 171 Å². The van der Waals surface area contributed by atoms with Gasteiger partial charge in [0.1, 0.15) is 12.4 Å². The number of nitrogens with zero attached hydrogens (tertiary/aromatic N) is 2. The Morgan fingerprint density at radius 3 is 2.97 bits per heavy atom. The summed E-state index contributed by atoms with van der Waals surface area (Å²) in [5.41, 5.74) is 3.02. The molecule has 1 N–H and O–H groups in total. The summed E-state index contributed by atoms with van der Waals surface area (Å²) in [6.45, 7) is 2.73. The van der Waals surface area contributed by atoms with Gasteiger partial charge in [0.25, 0.3) is 5.91 Å². The molecule has 2 aromatic carbocycles. The third kappa shape index (κ3) is 3.03. The topological polar surface area (TPSA) is 75.8 Å². The lowest BCUT2D eigenvalue weighted by molar-refractivity contribution is 0.0726. The van der Waals surface area contributed by atoms with Gasteiger partial charge in [-0.15, -0.1) is 11.3 Å². The molecule has 146 valence electrons. The second-order valence-electron chi connectivity index (χ2n) is 6.96. The number of ether oxygens (including phenoxy) is 1. The van der Waals surface area contributed by atoms with E-state index in [1.54, 1.807) is 29.2 Å². The molecule has 0 radical (unpaired) electrons. The number of rotatable bonds is 2. The van der Waals surface area contributed by atoms with Crippen LogP contribution < -0.4 is 4.74 Å². The van der Waals surface area contributed by atoms with E-state index in [0.29, 0.717) is 36.9 Å². The minimum absolute atomic E-state index is 0.0831. The summed E-state index contributed by atoms with van der Waals surface area (Å²) in [5.74, 6) is 0.792. The van der Waals surface area contributed by atoms with Crippen molar-refractivity contribution in [1.29, 1.82) is 0 Å². The largest absolute Gasteiger partial charge is 0.504 e. The van der Waals surface area contributed by atoms with Crippen molar-refractivity contribution in [2.24, 2.45) is 0 Å². The van der Waals surface area contributed by atoms with Gasteiger partial charge in [-0.2, -0.15) is 0 Å². The number of hydrogen-bond donors (Lipinski definition) is 1. The monoisotopic (exact) mass is 406 g/mol. The first-order valence-electron chi connectivity index (χ1n) is 9.26. The van der Waals surface area contributed by atoms with Crippen molar-refractivity contribution in [2.45, 2.75) is 13.5 Å². The molecule has 0 atom stereocenters. The molecular formula is C22H18N2O4S. The number of fused-ring (bicyclic) bond motifs is 2. The fourth-order valence-corrected chi connectivity index (χ4v) is 4.66. The van der Waals surface area contributed by atoms with Gasteiger partial charge in [0, 0.05) is 27.8 Å². The number of benzene rings is 2. The molecule has 0 saturated carbocycles. The van der Waals surface area contributed by atoms with Crippen LogP contribution in [-0.4, -0.2) is 34.0 Å². The maximum Gasteiger partial charge on any atom is 0.276 e. The van der Waals surface area contributed by atoms with Crippen molar-refractivity contribution in [3.05, 3.63) is 65.2 Å². The van der Waals surface area contributed by atoms with Crippen LogP contribution >= 0.6 is 11.3 Å². The van der Waals surface area contributed by atoms with Crippen LogP contribution in [0.25, 0.3) is 21.2 Å². The molecule has 1 aliphatic rings. The Morgan fingerprint density at radius 2 is 2.14 bits per heavy atom. The molecule has 7 heteroatoms. The summed E-state index contributed by atoms with van der Waals surface area (Å²) >= 11 is 1.67. The number of amides is 1. The standard InChI is InChI=1S/C22H18N2O4S/c1-13-20(23-12-28-13)22(26)24-6-7-27-21-15(10-24)8-14(9-18(21)25)17-11-29-19-5-3-2-4-16(17)19/h2-5,8-9,11-12,25H,6-7,10H2,1H3. The van der Waals surface area contributed by atoms with Gasteiger partial charge in [-0.05, 0) is 36.1 Å². The lowest BCUT2D eigenvalue weighted by Crippen LogP contribution is -2.33. The van der Waals surface area contributed by atoms with E-state index in [-0.39, 0.29) is 11.7 Å². The second kappa shape index (κ2) is 6.93. The van der Waals surface area contributed by atoms with Crippen LogP contribution in [0.2, 0.25) is 0 Å². The summed E-state index contributed by atoms with van der Waals surface area (Å²) in [6.07, 6.45) is 1.27. The first-order chi connectivity index (χ1) is 14.1. The van der Waals surface area contributed by atoms with Crippen molar-refractivity contribution < 1.29 is 19.1 Å². The van der Waals surface area contributed by atoms with Gasteiger partial charge in [0.2, 0.25) is 0 Å². The Bertz CT molecular complexity index is 1230. The molecular weight excluding hydrogens is 388 g/mol. The average molecular weight is 406 g/mol. The van der Waals surface area contributed by atoms with Gasteiger partial charge in [0.15, 0.2) is 23.6 Å². The molecule has 0 fully saturated rings. The molecule has 0 spiro atoms. The highest BCUT2D eigenvalue weighted by molar-refractivity contribution is 7.17. The zero-order valence-electron chi connectivity index (χ0n) is 15.7. The number of hydrogen-bond acceptors (Lipinski definition) is 6. The van der Waals surface area contributed by atoms with E-state index in [0.717, 1.165) is 22.1 Å². The van der Waals surface area contributed by atoms with Crippen molar-refractivity contribution >= 4 is 27.3 Å². The molecule has 2 aromatic heterocycles. The minimum atomic E-state index is -0.210. The van der Waals surface area contributed by atoms with E-state index in [1.807, 2.05) is 18.2 Å². The minimum Gasteiger partial charge on any atom is -0.504 e. The number of phenols is 1. The maximum absolute atomic E-state index is 12.9. The highest BCUT2D eigenvalue weighted by atomic mass is 32.1. The Kier molecular flexibility index (Phi) is 4.24. The Balaban J connectivity index is 1.55. The summed E-state index contributed by atoms with van der Waals surface area (Å²) in [5, 5.41) is 13.9. The van der Waals surface area contributed by atoms with Crippen LogP contribution in [0.3, 0.4) is 0 Å². The quantitative estimate of drug-likeness (QED) is 0.526. The van der Waals surface area contributed by atoms with E-state index in [4.69, 9.17) is 9.15 Å². The molecule has 1 aliphatic heterocycles. The van der Waals surface area contributed by atoms with E-state index in [9.17, 15) is 9.90 Å². The van der Waals surface area contributed by atoms with Gasteiger partial charge in [0.05, 0.1) is 6.54 Å². The summed E-state index contributed by atoms with van der Waals surface area (Å²) in [4.78, 5) is 18.6. The highest BCUT2D eigenvalue weighted by Gasteiger charge is 2.26. The number of aromatic hydroxyl groups is 1. The first-order valence-corrected chi connectivity index (χ1v) is 10.1. The van der Waals surface area contributed by atoms with Crippen molar-refractivity contribution in [3.63, 3.8) is 0 Å². The van der Waals surface area contributed by atoms with Gasteiger partial charge >= 0.3 is 0 Å². The van der Waals surface area contributed by atoms with E-state index in [2.05, 4.69) is 22.5 Å². The normalized spacial score (nSPS) is 13.8. The highest BCUT2D eigenvalue weighted by Crippen LogP contribution is 2.41. The number of carbonyl (C=O) groups excluding carboxylic acids is 1. The van der Waals surface area contributed by atoms with Crippen LogP contribution in [0.1, 0.15) is 21.8 Å². The predicted octanol–water partition coefficient (Wildman–Crippen LogP) is 4.61.